The number of thioether (sulfide) groups is 1. The third-order valence-electron chi connectivity index (χ3n) is 3.79. The van der Waals surface area contributed by atoms with Gasteiger partial charge in [0.15, 0.2) is 10.3 Å². The zero-order valence-electron chi connectivity index (χ0n) is 14.5. The Morgan fingerprint density at radius 1 is 1.18 bits per heavy atom. The van der Waals surface area contributed by atoms with Crippen LogP contribution in [0, 0.1) is 0 Å². The topological polar surface area (TPSA) is 123 Å². The van der Waals surface area contributed by atoms with Gasteiger partial charge in [0.1, 0.15) is 6.73 Å². The molecule has 0 aliphatic rings. The Morgan fingerprint density at radius 2 is 2.04 bits per heavy atom. The molecule has 4 rings (SSSR count). The SMILES string of the molecule is NCOC(=O)c1ccc2nc(NC(=O)CSc3nc4ccccc4[nH]3)sc2c1. The Bertz CT molecular complexity index is 1140. The molecule has 10 heteroatoms. The maximum Gasteiger partial charge on any atom is 0.339 e. The summed E-state index contributed by atoms with van der Waals surface area (Å²) in [5, 5.41) is 3.93. The Labute approximate surface area is 167 Å². The summed E-state index contributed by atoms with van der Waals surface area (Å²) in [4.78, 5) is 36.0. The maximum absolute atomic E-state index is 12.2. The third kappa shape index (κ3) is 3.98. The number of carbonyl (C=O) groups excluding carboxylic acids is 2. The Balaban J connectivity index is 1.40. The van der Waals surface area contributed by atoms with Crippen LogP contribution in [0.2, 0.25) is 0 Å². The van der Waals surface area contributed by atoms with Crippen LogP contribution in [0.15, 0.2) is 47.6 Å². The number of benzene rings is 2. The summed E-state index contributed by atoms with van der Waals surface area (Å²) in [7, 11) is 0. The first-order valence-electron chi connectivity index (χ1n) is 8.27. The van der Waals surface area contributed by atoms with Gasteiger partial charge in [-0.3, -0.25) is 10.5 Å². The number of esters is 1. The first-order valence-corrected chi connectivity index (χ1v) is 10.1. The van der Waals surface area contributed by atoms with E-state index in [1.807, 2.05) is 24.3 Å². The molecule has 0 aliphatic heterocycles. The molecule has 8 nitrogen and oxygen atoms in total. The lowest BCUT2D eigenvalue weighted by Gasteiger charge is -2.00. The largest absolute Gasteiger partial charge is 0.446 e. The second-order valence-electron chi connectivity index (χ2n) is 5.70. The minimum atomic E-state index is -0.495. The first-order chi connectivity index (χ1) is 13.6. The van der Waals surface area contributed by atoms with Crippen molar-refractivity contribution < 1.29 is 14.3 Å². The van der Waals surface area contributed by atoms with Gasteiger partial charge < -0.3 is 15.0 Å². The molecule has 4 N–H and O–H groups in total. The lowest BCUT2D eigenvalue weighted by atomic mass is 10.2. The van der Waals surface area contributed by atoms with Gasteiger partial charge in [-0.2, -0.15) is 0 Å². The quantitative estimate of drug-likeness (QED) is 0.252. The van der Waals surface area contributed by atoms with Crippen LogP contribution in [0.5, 0.6) is 0 Å². The highest BCUT2D eigenvalue weighted by Gasteiger charge is 2.13. The van der Waals surface area contributed by atoms with Gasteiger partial charge in [0.05, 0.1) is 32.6 Å². The fraction of sp³-hybridized carbons (Fsp3) is 0.111. The first kappa shape index (κ1) is 18.4. The molecule has 28 heavy (non-hydrogen) atoms. The van der Waals surface area contributed by atoms with Crippen LogP contribution < -0.4 is 11.1 Å². The number of imidazole rings is 1. The second kappa shape index (κ2) is 7.97. The number of carbonyl (C=O) groups is 2. The third-order valence-corrected chi connectivity index (χ3v) is 5.60. The highest BCUT2D eigenvalue weighted by atomic mass is 32.2. The zero-order chi connectivity index (χ0) is 19.5. The highest BCUT2D eigenvalue weighted by Crippen LogP contribution is 2.27. The van der Waals surface area contributed by atoms with Gasteiger partial charge in [-0.05, 0) is 30.3 Å². The molecule has 2 heterocycles. The number of ether oxygens (including phenoxy) is 1. The number of fused-ring (bicyclic) bond motifs is 2. The van der Waals surface area contributed by atoms with Crippen LogP contribution >= 0.6 is 23.1 Å². The van der Waals surface area contributed by atoms with Crippen molar-refractivity contribution in [1.29, 1.82) is 0 Å². The molecule has 2 aromatic carbocycles. The molecule has 2 aromatic heterocycles. The summed E-state index contributed by atoms with van der Waals surface area (Å²) >= 11 is 2.60. The molecule has 0 atom stereocenters. The molecule has 0 bridgehead atoms. The average molecular weight is 413 g/mol. The van der Waals surface area contributed by atoms with Gasteiger partial charge in [0, 0.05) is 0 Å². The fourth-order valence-electron chi connectivity index (χ4n) is 2.55. The van der Waals surface area contributed by atoms with Crippen molar-refractivity contribution in [3.8, 4) is 0 Å². The number of hydrogen-bond acceptors (Lipinski definition) is 8. The molecule has 4 aromatic rings. The standard InChI is InChI=1S/C18H15N5O3S2/c19-9-26-16(25)10-5-6-13-14(7-10)28-18(22-13)23-15(24)8-27-17-20-11-3-1-2-4-12(11)21-17/h1-7H,8-9,19H2,(H,20,21)(H,22,23,24). The monoisotopic (exact) mass is 413 g/mol. The minimum absolute atomic E-state index is 0.177. The number of thiazole rings is 1. The van der Waals surface area contributed by atoms with E-state index < -0.39 is 5.97 Å². The van der Waals surface area contributed by atoms with Crippen LogP contribution in [-0.4, -0.2) is 39.3 Å². The van der Waals surface area contributed by atoms with Crippen LogP contribution in [0.1, 0.15) is 10.4 Å². The second-order valence-corrected chi connectivity index (χ2v) is 7.69. The van der Waals surface area contributed by atoms with Crippen LogP contribution in [0.25, 0.3) is 21.3 Å². The van der Waals surface area contributed by atoms with Crippen molar-refractivity contribution in [2.24, 2.45) is 5.73 Å². The molecular weight excluding hydrogens is 398 g/mol. The average Bonchev–Trinajstić information content (AvgIpc) is 3.28. The van der Waals surface area contributed by atoms with E-state index in [9.17, 15) is 9.59 Å². The highest BCUT2D eigenvalue weighted by molar-refractivity contribution is 7.99. The molecule has 0 aliphatic carbocycles. The molecule has 142 valence electrons. The number of para-hydroxylation sites is 2. The van der Waals surface area contributed by atoms with Crippen LogP contribution in [0.3, 0.4) is 0 Å². The van der Waals surface area contributed by atoms with Crippen molar-refractivity contribution >= 4 is 61.4 Å². The van der Waals surface area contributed by atoms with E-state index in [1.165, 1.54) is 23.1 Å². The summed E-state index contributed by atoms with van der Waals surface area (Å²) in [6.07, 6.45) is 0. The number of nitrogens with zero attached hydrogens (tertiary/aromatic N) is 2. The number of aromatic nitrogens is 3. The van der Waals surface area contributed by atoms with E-state index in [4.69, 9.17) is 10.5 Å². The van der Waals surface area contributed by atoms with Crippen molar-refractivity contribution in [3.63, 3.8) is 0 Å². The number of amides is 1. The van der Waals surface area contributed by atoms with Gasteiger partial charge in [-0.25, -0.2) is 14.8 Å². The molecule has 0 unspecified atom stereocenters. The summed E-state index contributed by atoms with van der Waals surface area (Å²) in [5.74, 6) is -0.484. The smallest absolute Gasteiger partial charge is 0.339 e. The Kier molecular flexibility index (Phi) is 5.24. The van der Waals surface area contributed by atoms with Crippen molar-refractivity contribution in [1.82, 2.24) is 15.0 Å². The van der Waals surface area contributed by atoms with Crippen LogP contribution in [0.4, 0.5) is 5.13 Å². The number of hydrogen-bond donors (Lipinski definition) is 3. The van der Waals surface area contributed by atoms with Gasteiger partial charge in [-0.15, -0.1) is 0 Å². The Morgan fingerprint density at radius 3 is 2.86 bits per heavy atom. The Hall–Kier alpha value is -2.95. The predicted molar refractivity (Wildman–Crippen MR) is 110 cm³/mol. The zero-order valence-corrected chi connectivity index (χ0v) is 16.1. The van der Waals surface area contributed by atoms with E-state index >= 15 is 0 Å². The van der Waals surface area contributed by atoms with E-state index in [0.29, 0.717) is 21.4 Å². The molecule has 0 spiro atoms. The minimum Gasteiger partial charge on any atom is -0.446 e. The molecular formula is C18H15N5O3S2. The van der Waals surface area contributed by atoms with Crippen molar-refractivity contribution in [2.75, 3.05) is 17.8 Å². The number of anilines is 1. The number of aromatic amines is 1. The normalized spacial score (nSPS) is 11.0. The van der Waals surface area contributed by atoms with Crippen LogP contribution in [-0.2, 0) is 9.53 Å². The molecule has 0 saturated heterocycles. The maximum atomic E-state index is 12.2. The van der Waals surface area contributed by atoms with Gasteiger partial charge in [0.25, 0.3) is 0 Å². The number of nitrogens with one attached hydrogen (secondary N) is 2. The molecule has 0 fully saturated rings. The van der Waals surface area contributed by atoms with E-state index in [0.717, 1.165) is 15.7 Å². The van der Waals surface area contributed by atoms with E-state index in [1.54, 1.807) is 18.2 Å². The summed E-state index contributed by atoms with van der Waals surface area (Å²) in [6.45, 7) is -0.177. The lowest BCUT2D eigenvalue weighted by Crippen LogP contribution is -2.13. The molecule has 1 amide bonds. The molecule has 0 saturated carbocycles. The van der Waals surface area contributed by atoms with Crippen molar-refractivity contribution in [2.45, 2.75) is 5.16 Å². The fourth-order valence-corrected chi connectivity index (χ4v) is 4.16. The summed E-state index contributed by atoms with van der Waals surface area (Å²) in [6, 6.07) is 12.7. The van der Waals surface area contributed by atoms with Gasteiger partial charge in [0.2, 0.25) is 5.91 Å². The molecule has 0 radical (unpaired) electrons. The predicted octanol–water partition coefficient (Wildman–Crippen LogP) is 2.98. The number of nitrogens with two attached hydrogens (primary N) is 1. The summed E-state index contributed by atoms with van der Waals surface area (Å²) in [5.41, 5.74) is 8.09. The van der Waals surface area contributed by atoms with Gasteiger partial charge in [-0.1, -0.05) is 35.2 Å². The number of H-pyrrole nitrogens is 1. The number of rotatable bonds is 6. The summed E-state index contributed by atoms with van der Waals surface area (Å²) < 4.78 is 5.56. The van der Waals surface area contributed by atoms with E-state index in [2.05, 4.69) is 20.3 Å². The van der Waals surface area contributed by atoms with Crippen molar-refractivity contribution in [3.05, 3.63) is 48.0 Å². The lowest BCUT2D eigenvalue weighted by molar-refractivity contribution is -0.113. The van der Waals surface area contributed by atoms with Gasteiger partial charge >= 0.3 is 5.97 Å². The van der Waals surface area contributed by atoms with E-state index in [-0.39, 0.29) is 18.4 Å².